The van der Waals surface area contributed by atoms with Gasteiger partial charge in [-0.3, -0.25) is 4.79 Å². The van der Waals surface area contributed by atoms with E-state index in [2.05, 4.69) is 38.2 Å². The predicted octanol–water partition coefficient (Wildman–Crippen LogP) is 2.07. The topological polar surface area (TPSA) is 87.7 Å². The van der Waals surface area contributed by atoms with Gasteiger partial charge in [0.1, 0.15) is 5.92 Å². The molecule has 1 atom stereocenters. The molecule has 1 aliphatic rings. The van der Waals surface area contributed by atoms with E-state index in [-0.39, 0.29) is 28.6 Å². The van der Waals surface area contributed by atoms with E-state index in [1.54, 1.807) is 12.1 Å². The van der Waals surface area contributed by atoms with Crippen molar-refractivity contribution < 1.29 is 10.0 Å². The molecule has 4 N–H and O–H groups in total. The first-order chi connectivity index (χ1) is 9.73. The highest BCUT2D eigenvalue weighted by Crippen LogP contribution is 2.62. The van der Waals surface area contributed by atoms with Gasteiger partial charge in [-0.1, -0.05) is 63.2 Å². The number of amidine groups is 1. The van der Waals surface area contributed by atoms with Gasteiger partial charge in [-0.05, 0) is 16.4 Å². The molecular formula is C16H23N3O2. The Balaban J connectivity index is 2.22. The maximum atomic E-state index is 12.6. The number of nitrogens with one attached hydrogen (secondary N) is 1. The fourth-order valence-corrected chi connectivity index (χ4v) is 2.94. The van der Waals surface area contributed by atoms with Crippen LogP contribution in [-0.4, -0.2) is 23.0 Å². The molecule has 0 aromatic heterocycles. The highest BCUT2D eigenvalue weighted by Gasteiger charge is 2.65. The van der Waals surface area contributed by atoms with Gasteiger partial charge >= 0.3 is 0 Å². The lowest BCUT2D eigenvalue weighted by atomic mass is 9.97. The van der Waals surface area contributed by atoms with Crippen LogP contribution < -0.4 is 11.1 Å². The lowest BCUT2D eigenvalue weighted by molar-refractivity contribution is -0.121. The van der Waals surface area contributed by atoms with E-state index in [9.17, 15) is 4.79 Å². The molecule has 1 fully saturated rings. The molecule has 0 bridgehead atoms. The SMILES string of the molecule is CC1(C)C(NC(=O)C(C(N)=NO)c2ccccc2)C1(C)C. The van der Waals surface area contributed by atoms with E-state index >= 15 is 0 Å². The van der Waals surface area contributed by atoms with Gasteiger partial charge in [-0.25, -0.2) is 0 Å². The Morgan fingerprint density at radius 2 is 1.76 bits per heavy atom. The van der Waals surface area contributed by atoms with Crippen molar-refractivity contribution in [2.24, 2.45) is 21.7 Å². The van der Waals surface area contributed by atoms with Crippen LogP contribution in [0.4, 0.5) is 0 Å². The third-order valence-electron chi connectivity index (χ3n) is 5.11. The molecule has 0 heterocycles. The largest absolute Gasteiger partial charge is 0.409 e. The van der Waals surface area contributed by atoms with Crippen molar-refractivity contribution in [2.75, 3.05) is 0 Å². The van der Waals surface area contributed by atoms with Crippen LogP contribution in [-0.2, 0) is 4.79 Å². The standard InChI is InChI=1S/C16H23N3O2/c1-15(2)14(16(15,3)4)18-13(20)11(12(17)19-21)10-8-6-5-7-9-10/h5-9,11,14,21H,1-4H3,(H2,17,19)(H,18,20). The van der Waals surface area contributed by atoms with E-state index in [1.807, 2.05) is 18.2 Å². The number of nitrogens with two attached hydrogens (primary N) is 1. The minimum atomic E-state index is -0.775. The Bertz CT molecular complexity index is 550. The van der Waals surface area contributed by atoms with Gasteiger partial charge in [0.05, 0.1) is 0 Å². The molecule has 5 nitrogen and oxygen atoms in total. The summed E-state index contributed by atoms with van der Waals surface area (Å²) in [5.74, 6) is -1.11. The van der Waals surface area contributed by atoms with Gasteiger partial charge in [0.15, 0.2) is 5.84 Å². The van der Waals surface area contributed by atoms with Crippen LogP contribution in [0.2, 0.25) is 0 Å². The molecule has 1 saturated carbocycles. The molecule has 2 rings (SSSR count). The molecular weight excluding hydrogens is 266 g/mol. The second-order valence-electron chi connectivity index (χ2n) is 6.75. The molecule has 1 unspecified atom stereocenters. The average Bonchev–Trinajstić information content (AvgIpc) is 2.82. The molecule has 1 aliphatic carbocycles. The number of carbonyl (C=O) groups is 1. The Morgan fingerprint density at radius 1 is 1.24 bits per heavy atom. The van der Waals surface area contributed by atoms with Crippen molar-refractivity contribution in [3.63, 3.8) is 0 Å². The Kier molecular flexibility index (Phi) is 3.70. The lowest BCUT2D eigenvalue weighted by Gasteiger charge is -2.17. The predicted molar refractivity (Wildman–Crippen MR) is 82.1 cm³/mol. The minimum Gasteiger partial charge on any atom is -0.409 e. The van der Waals surface area contributed by atoms with E-state index in [0.717, 1.165) is 0 Å². The maximum Gasteiger partial charge on any atom is 0.235 e. The van der Waals surface area contributed by atoms with Gasteiger partial charge in [-0.15, -0.1) is 0 Å². The summed E-state index contributed by atoms with van der Waals surface area (Å²) in [6.45, 7) is 8.50. The molecule has 1 aromatic rings. The highest BCUT2D eigenvalue weighted by atomic mass is 16.4. The van der Waals surface area contributed by atoms with Crippen LogP contribution in [0.15, 0.2) is 35.5 Å². The van der Waals surface area contributed by atoms with Gasteiger partial charge in [0, 0.05) is 6.04 Å². The van der Waals surface area contributed by atoms with Crippen LogP contribution >= 0.6 is 0 Å². The summed E-state index contributed by atoms with van der Waals surface area (Å²) in [4.78, 5) is 12.6. The first-order valence-electron chi connectivity index (χ1n) is 7.06. The molecule has 0 spiro atoms. The van der Waals surface area contributed by atoms with Crippen molar-refractivity contribution in [1.82, 2.24) is 5.32 Å². The van der Waals surface area contributed by atoms with Crippen LogP contribution in [0.5, 0.6) is 0 Å². The molecule has 1 amide bonds. The first kappa shape index (κ1) is 15.4. The van der Waals surface area contributed by atoms with Crippen molar-refractivity contribution in [3.05, 3.63) is 35.9 Å². The summed E-state index contributed by atoms with van der Waals surface area (Å²) in [6, 6.07) is 9.18. The average molecular weight is 289 g/mol. The summed E-state index contributed by atoms with van der Waals surface area (Å²) in [5.41, 5.74) is 6.50. The number of oxime groups is 1. The van der Waals surface area contributed by atoms with E-state index in [4.69, 9.17) is 10.9 Å². The maximum absolute atomic E-state index is 12.6. The first-order valence-corrected chi connectivity index (χ1v) is 7.06. The number of amides is 1. The minimum absolute atomic E-state index is 0.0367. The van der Waals surface area contributed by atoms with Gasteiger partial charge < -0.3 is 16.3 Å². The number of carbonyl (C=O) groups excluding carboxylic acids is 1. The summed E-state index contributed by atoms with van der Waals surface area (Å²) < 4.78 is 0. The van der Waals surface area contributed by atoms with Gasteiger partial charge in [0.2, 0.25) is 5.91 Å². The normalized spacial score (nSPS) is 21.6. The Labute approximate surface area is 125 Å². The summed E-state index contributed by atoms with van der Waals surface area (Å²) in [5, 5.41) is 15.0. The van der Waals surface area contributed by atoms with Crippen molar-refractivity contribution >= 4 is 11.7 Å². The van der Waals surface area contributed by atoms with Crippen molar-refractivity contribution in [2.45, 2.75) is 39.7 Å². The number of benzene rings is 1. The number of rotatable bonds is 4. The second kappa shape index (κ2) is 5.06. The van der Waals surface area contributed by atoms with E-state index in [0.29, 0.717) is 5.56 Å². The van der Waals surface area contributed by atoms with Crippen LogP contribution in [0.25, 0.3) is 0 Å². The van der Waals surface area contributed by atoms with Crippen LogP contribution in [0.1, 0.15) is 39.2 Å². The summed E-state index contributed by atoms with van der Waals surface area (Å²) in [7, 11) is 0. The molecule has 0 radical (unpaired) electrons. The molecule has 0 saturated heterocycles. The summed E-state index contributed by atoms with van der Waals surface area (Å²) >= 11 is 0. The molecule has 5 heteroatoms. The Hall–Kier alpha value is -2.04. The molecule has 21 heavy (non-hydrogen) atoms. The molecule has 114 valence electrons. The lowest BCUT2D eigenvalue weighted by Crippen LogP contribution is -2.40. The van der Waals surface area contributed by atoms with E-state index in [1.165, 1.54) is 0 Å². The molecule has 0 aliphatic heterocycles. The second-order valence-corrected chi connectivity index (χ2v) is 6.75. The third-order valence-corrected chi connectivity index (χ3v) is 5.11. The highest BCUT2D eigenvalue weighted by molar-refractivity contribution is 6.07. The molecule has 1 aromatic carbocycles. The fraction of sp³-hybridized carbons (Fsp3) is 0.500. The van der Waals surface area contributed by atoms with Gasteiger partial charge in [-0.2, -0.15) is 0 Å². The zero-order valence-corrected chi connectivity index (χ0v) is 12.9. The number of hydrogen-bond donors (Lipinski definition) is 3. The monoisotopic (exact) mass is 289 g/mol. The quantitative estimate of drug-likeness (QED) is 0.343. The van der Waals surface area contributed by atoms with Crippen LogP contribution in [0, 0.1) is 10.8 Å². The third kappa shape index (κ3) is 2.48. The number of nitrogens with zero attached hydrogens (tertiary/aromatic N) is 1. The fourth-order valence-electron chi connectivity index (χ4n) is 2.94. The summed E-state index contributed by atoms with van der Waals surface area (Å²) in [6.07, 6.45) is 0. The van der Waals surface area contributed by atoms with Crippen molar-refractivity contribution in [1.29, 1.82) is 0 Å². The van der Waals surface area contributed by atoms with Crippen LogP contribution in [0.3, 0.4) is 0 Å². The van der Waals surface area contributed by atoms with E-state index < -0.39 is 5.92 Å². The smallest absolute Gasteiger partial charge is 0.235 e. The van der Waals surface area contributed by atoms with Gasteiger partial charge in [0.25, 0.3) is 0 Å². The zero-order chi connectivity index (χ0) is 15.8. The Morgan fingerprint density at radius 3 is 2.19 bits per heavy atom. The number of hydrogen-bond acceptors (Lipinski definition) is 3. The van der Waals surface area contributed by atoms with Crippen molar-refractivity contribution in [3.8, 4) is 0 Å². The zero-order valence-electron chi connectivity index (χ0n) is 12.9.